The first-order chi connectivity index (χ1) is 22.8. The Labute approximate surface area is 280 Å². The fourth-order valence-electron chi connectivity index (χ4n) is 5.73. The number of rotatable bonds is 16. The Hall–Kier alpha value is -3.19. The van der Waals surface area contributed by atoms with Crippen LogP contribution >= 0.6 is 0 Å². The Bertz CT molecular complexity index is 1620. The lowest BCUT2D eigenvalue weighted by molar-refractivity contribution is -0.0907. The summed E-state index contributed by atoms with van der Waals surface area (Å²) in [4.78, 5) is 13.2. The maximum atomic E-state index is 13.9. The van der Waals surface area contributed by atoms with Crippen LogP contribution in [-0.2, 0) is 40.7 Å². The second kappa shape index (κ2) is 15.6. The molecule has 17 heteroatoms. The molecule has 2 fully saturated rings. The fourth-order valence-corrected chi connectivity index (χ4v) is 7.82. The predicted molar refractivity (Wildman–Crippen MR) is 172 cm³/mol. The van der Waals surface area contributed by atoms with Gasteiger partial charge < -0.3 is 38.8 Å². The third-order valence-electron chi connectivity index (χ3n) is 8.07. The highest BCUT2D eigenvalue weighted by Gasteiger charge is 2.44. The van der Waals surface area contributed by atoms with Gasteiger partial charge in [0.1, 0.15) is 18.5 Å². The van der Waals surface area contributed by atoms with Crippen LogP contribution < -0.4 is 24.2 Å². The Balaban J connectivity index is 1.31. The number of amides is 1. The van der Waals surface area contributed by atoms with Gasteiger partial charge in [-0.2, -0.15) is 4.31 Å². The molecular weight excluding hydrogens is 670 g/mol. The Morgan fingerprint density at radius 2 is 1.79 bits per heavy atom. The number of benzene rings is 2. The van der Waals surface area contributed by atoms with Crippen molar-refractivity contribution in [2.75, 3.05) is 52.5 Å². The van der Waals surface area contributed by atoms with Crippen LogP contribution in [0.15, 0.2) is 47.4 Å². The average Bonchev–Trinajstić information content (AvgIpc) is 3.77. The van der Waals surface area contributed by atoms with Crippen molar-refractivity contribution in [3.8, 4) is 17.2 Å². The number of fused-ring (bicyclic) bond motifs is 2. The molecule has 0 spiro atoms. The maximum absolute atomic E-state index is 13.9. The van der Waals surface area contributed by atoms with E-state index >= 15 is 0 Å². The highest BCUT2D eigenvalue weighted by Crippen LogP contribution is 2.35. The summed E-state index contributed by atoms with van der Waals surface area (Å²) in [5.41, 5.74) is 0.712. The fraction of sp³-hybridized carbons (Fsp3) is 0.581. The molecule has 48 heavy (non-hydrogen) atoms. The molecule has 0 aromatic heterocycles. The van der Waals surface area contributed by atoms with Crippen molar-refractivity contribution in [1.29, 1.82) is 0 Å². The summed E-state index contributed by atoms with van der Waals surface area (Å²) in [5, 5.41) is 14.4. The third-order valence-corrected chi connectivity index (χ3v) is 10.6. The zero-order chi connectivity index (χ0) is 34.5. The number of hydrogen-bond acceptors (Lipinski definition) is 12. The van der Waals surface area contributed by atoms with E-state index in [1.807, 2.05) is 13.8 Å². The van der Waals surface area contributed by atoms with E-state index in [0.717, 1.165) is 6.26 Å². The van der Waals surface area contributed by atoms with Gasteiger partial charge in [0, 0.05) is 25.7 Å². The Morgan fingerprint density at radius 3 is 2.52 bits per heavy atom. The van der Waals surface area contributed by atoms with E-state index in [1.165, 1.54) is 22.5 Å². The molecule has 15 nitrogen and oxygen atoms in total. The first-order valence-corrected chi connectivity index (χ1v) is 19.1. The van der Waals surface area contributed by atoms with Crippen LogP contribution in [0.1, 0.15) is 25.8 Å². The number of nitrogens with zero attached hydrogens (tertiary/aromatic N) is 1. The SMILES string of the molecule is CC(C)CN(CC(O)C(Cc1ccc(OCCNS(C)(=O)=O)cc1)NC(=O)OC1COC2OCCC12)S(=O)(=O)c1ccc2c(c1)OCO2. The van der Waals surface area contributed by atoms with E-state index in [4.69, 9.17) is 28.4 Å². The van der Waals surface area contributed by atoms with E-state index in [2.05, 4.69) is 10.0 Å². The molecule has 0 saturated carbocycles. The Morgan fingerprint density at radius 1 is 1.04 bits per heavy atom. The molecular formula is C31H43N3O12S2. The molecule has 3 aliphatic heterocycles. The van der Waals surface area contributed by atoms with Crippen molar-refractivity contribution in [2.45, 2.75) is 56.1 Å². The lowest BCUT2D eigenvalue weighted by atomic mass is 10.0. The normalized spacial score (nSPS) is 21.7. The largest absolute Gasteiger partial charge is 0.492 e. The number of nitrogens with one attached hydrogen (secondary N) is 2. The third kappa shape index (κ3) is 9.49. The van der Waals surface area contributed by atoms with Gasteiger partial charge in [-0.25, -0.2) is 26.4 Å². The van der Waals surface area contributed by atoms with Crippen LogP contribution in [0, 0.1) is 11.8 Å². The van der Waals surface area contributed by atoms with Crippen molar-refractivity contribution in [3.05, 3.63) is 48.0 Å². The maximum Gasteiger partial charge on any atom is 0.407 e. The molecule has 5 rings (SSSR count). The number of ether oxygens (including phenoxy) is 6. The van der Waals surface area contributed by atoms with E-state index < -0.39 is 50.7 Å². The summed E-state index contributed by atoms with van der Waals surface area (Å²) in [6, 6.07) is 10.3. The number of sulfonamides is 2. The molecule has 3 heterocycles. The van der Waals surface area contributed by atoms with E-state index in [-0.39, 0.29) is 62.8 Å². The van der Waals surface area contributed by atoms with Gasteiger partial charge in [0.05, 0.1) is 42.4 Å². The number of aliphatic hydroxyl groups is 1. The van der Waals surface area contributed by atoms with Crippen LogP contribution in [0.4, 0.5) is 4.79 Å². The van der Waals surface area contributed by atoms with Crippen molar-refractivity contribution in [1.82, 2.24) is 14.3 Å². The molecule has 5 atom stereocenters. The minimum atomic E-state index is -4.10. The molecule has 0 radical (unpaired) electrons. The van der Waals surface area contributed by atoms with Gasteiger partial charge in [0.25, 0.3) is 0 Å². The number of aliphatic hydroxyl groups excluding tert-OH is 1. The number of hydrogen-bond donors (Lipinski definition) is 3. The molecule has 2 aromatic rings. The van der Waals surface area contributed by atoms with Crippen molar-refractivity contribution in [2.24, 2.45) is 11.8 Å². The second-order valence-corrected chi connectivity index (χ2v) is 16.2. The first-order valence-electron chi connectivity index (χ1n) is 15.7. The van der Waals surface area contributed by atoms with Gasteiger partial charge >= 0.3 is 6.09 Å². The molecule has 2 aromatic carbocycles. The summed E-state index contributed by atoms with van der Waals surface area (Å²) in [5.74, 6) is 1.07. The van der Waals surface area contributed by atoms with Gasteiger partial charge in [-0.3, -0.25) is 0 Å². The minimum Gasteiger partial charge on any atom is -0.492 e. The molecule has 266 valence electrons. The van der Waals surface area contributed by atoms with Gasteiger partial charge in [0.2, 0.25) is 26.8 Å². The monoisotopic (exact) mass is 713 g/mol. The van der Waals surface area contributed by atoms with Crippen LogP contribution in [-0.4, -0.2) is 109 Å². The van der Waals surface area contributed by atoms with E-state index in [9.17, 15) is 26.7 Å². The molecule has 0 bridgehead atoms. The standard InChI is InChI=1S/C31H43N3O12S2/c1-20(2)16-34(48(39,40)23-8-9-27-28(15-23)45-19-44-27)17-26(35)25(33-31(36)46-29-18-43-30-24(29)10-12-42-30)14-21-4-6-22(7-5-21)41-13-11-32-47(3,37)38/h4-9,15,20,24-26,29-30,32,35H,10-14,16-19H2,1-3H3,(H,33,36). The minimum absolute atomic E-state index is 0.00832. The van der Waals surface area contributed by atoms with Crippen LogP contribution in [0.3, 0.4) is 0 Å². The van der Waals surface area contributed by atoms with E-state index in [1.54, 1.807) is 24.3 Å². The van der Waals surface area contributed by atoms with Crippen LogP contribution in [0.25, 0.3) is 0 Å². The van der Waals surface area contributed by atoms with Gasteiger partial charge in [-0.1, -0.05) is 26.0 Å². The highest BCUT2D eigenvalue weighted by atomic mass is 32.2. The summed E-state index contributed by atoms with van der Waals surface area (Å²) < 4.78 is 86.9. The summed E-state index contributed by atoms with van der Waals surface area (Å²) in [7, 11) is -7.43. The summed E-state index contributed by atoms with van der Waals surface area (Å²) in [6.45, 7) is 4.42. The zero-order valence-electron chi connectivity index (χ0n) is 27.1. The van der Waals surface area contributed by atoms with Crippen molar-refractivity contribution >= 4 is 26.1 Å². The van der Waals surface area contributed by atoms with Gasteiger partial charge in [-0.05, 0) is 48.6 Å². The zero-order valence-corrected chi connectivity index (χ0v) is 28.7. The predicted octanol–water partition coefficient (Wildman–Crippen LogP) is 1.45. The van der Waals surface area contributed by atoms with Crippen molar-refractivity contribution in [3.63, 3.8) is 0 Å². The summed E-state index contributed by atoms with van der Waals surface area (Å²) >= 11 is 0. The number of alkyl carbamates (subject to hydrolysis) is 1. The second-order valence-electron chi connectivity index (χ2n) is 12.4. The molecule has 5 unspecified atom stereocenters. The van der Waals surface area contributed by atoms with Gasteiger partial charge in [-0.15, -0.1) is 0 Å². The van der Waals surface area contributed by atoms with Crippen LogP contribution in [0.5, 0.6) is 17.2 Å². The molecule has 2 saturated heterocycles. The van der Waals surface area contributed by atoms with Crippen LogP contribution in [0.2, 0.25) is 0 Å². The Kier molecular flexibility index (Phi) is 11.7. The summed E-state index contributed by atoms with van der Waals surface area (Å²) in [6.07, 6.45) is -1.18. The molecule has 3 N–H and O–H groups in total. The molecule has 0 aliphatic carbocycles. The lowest BCUT2D eigenvalue weighted by Gasteiger charge is -2.31. The first kappa shape index (κ1) is 36.1. The number of carbonyl (C=O) groups excluding carboxylic acids is 1. The van der Waals surface area contributed by atoms with Crippen molar-refractivity contribution < 1.29 is 55.2 Å². The van der Waals surface area contributed by atoms with E-state index in [0.29, 0.717) is 35.8 Å². The smallest absolute Gasteiger partial charge is 0.407 e. The quantitative estimate of drug-likeness (QED) is 0.213. The molecule has 1 amide bonds. The number of carbonyl (C=O) groups is 1. The molecule has 3 aliphatic rings. The lowest BCUT2D eigenvalue weighted by Crippen LogP contribution is -2.51. The van der Waals surface area contributed by atoms with Gasteiger partial charge in [0.15, 0.2) is 17.8 Å². The highest BCUT2D eigenvalue weighted by molar-refractivity contribution is 7.89. The topological polar surface area (TPSA) is 188 Å². The average molecular weight is 714 g/mol.